The molecule has 0 aromatic heterocycles. The second kappa shape index (κ2) is 8.06. The molecule has 0 aromatic rings. The second-order valence-electron chi connectivity index (χ2n) is 3.44. The van der Waals surface area contributed by atoms with E-state index in [9.17, 15) is 9.59 Å². The third kappa shape index (κ3) is 4.16. The van der Waals surface area contributed by atoms with Crippen molar-refractivity contribution >= 4 is 11.8 Å². The van der Waals surface area contributed by atoms with Gasteiger partial charge in [-0.05, 0) is 12.8 Å². The fourth-order valence-corrected chi connectivity index (χ4v) is 1.56. The van der Waals surface area contributed by atoms with Crippen LogP contribution in [0.25, 0.3) is 0 Å². The van der Waals surface area contributed by atoms with Gasteiger partial charge in [-0.2, -0.15) is 0 Å². The van der Waals surface area contributed by atoms with Gasteiger partial charge in [-0.3, -0.25) is 15.0 Å². The van der Waals surface area contributed by atoms with Gasteiger partial charge in [-0.15, -0.1) is 0 Å². The number of hydrazine groups is 1. The molecule has 3 N–H and O–H groups in total. The molecule has 0 aliphatic carbocycles. The average molecular weight is 231 g/mol. The number of ether oxygens (including phenoxy) is 1. The van der Waals surface area contributed by atoms with Crippen molar-refractivity contribution in [1.29, 1.82) is 0 Å². The minimum atomic E-state index is -0.789. The first-order valence-corrected chi connectivity index (χ1v) is 5.42. The number of carbonyl (C=O) groups excluding carboxylic acids is 2. The summed E-state index contributed by atoms with van der Waals surface area (Å²) >= 11 is 0. The number of methoxy groups -OCH3 is 1. The number of carbonyl (C=O) groups is 2. The number of amides is 2. The summed E-state index contributed by atoms with van der Waals surface area (Å²) in [6, 6.07) is 0.0416. The molecule has 0 aromatic carbocycles. The molecule has 0 aliphatic rings. The minimum Gasteiger partial charge on any atom is -0.383 e. The molecular formula is C10H21N3O3. The van der Waals surface area contributed by atoms with Crippen LogP contribution in [0.4, 0.5) is 0 Å². The zero-order chi connectivity index (χ0) is 12.6. The van der Waals surface area contributed by atoms with Crippen LogP contribution in [0.3, 0.4) is 0 Å². The topological polar surface area (TPSA) is 84.7 Å². The summed E-state index contributed by atoms with van der Waals surface area (Å²) in [6.45, 7) is 4.75. The SMILES string of the molecule is CCC(CC)N(CCOC)C(=O)C(=O)NN. The third-order valence-electron chi connectivity index (χ3n) is 2.51. The molecule has 0 aliphatic heterocycles. The van der Waals surface area contributed by atoms with E-state index in [-0.39, 0.29) is 6.04 Å². The number of hydrogen-bond acceptors (Lipinski definition) is 4. The Labute approximate surface area is 96.1 Å². The summed E-state index contributed by atoms with van der Waals surface area (Å²) < 4.78 is 4.92. The van der Waals surface area contributed by atoms with Crippen molar-refractivity contribution < 1.29 is 14.3 Å². The van der Waals surface area contributed by atoms with Gasteiger partial charge in [0.05, 0.1) is 6.61 Å². The van der Waals surface area contributed by atoms with Crippen LogP contribution in [0.1, 0.15) is 26.7 Å². The Kier molecular flexibility index (Phi) is 7.49. The van der Waals surface area contributed by atoms with Gasteiger partial charge in [-0.25, -0.2) is 5.84 Å². The quantitative estimate of drug-likeness (QED) is 0.283. The first kappa shape index (κ1) is 14.9. The van der Waals surface area contributed by atoms with Crippen molar-refractivity contribution in [2.24, 2.45) is 5.84 Å². The number of hydrogen-bond donors (Lipinski definition) is 2. The highest BCUT2D eigenvalue weighted by atomic mass is 16.5. The predicted octanol–water partition coefficient (Wildman–Crippen LogP) is -0.360. The Morgan fingerprint density at radius 2 is 1.94 bits per heavy atom. The van der Waals surface area contributed by atoms with E-state index in [1.165, 1.54) is 4.90 Å². The van der Waals surface area contributed by atoms with Crippen molar-refractivity contribution in [3.8, 4) is 0 Å². The van der Waals surface area contributed by atoms with Crippen molar-refractivity contribution in [3.05, 3.63) is 0 Å². The molecule has 0 radical (unpaired) electrons. The Balaban J connectivity index is 4.63. The van der Waals surface area contributed by atoms with Crippen LogP contribution in [0.15, 0.2) is 0 Å². The maximum Gasteiger partial charge on any atom is 0.323 e. The molecule has 0 atom stereocenters. The summed E-state index contributed by atoms with van der Waals surface area (Å²) in [5, 5.41) is 0. The first-order chi connectivity index (χ1) is 7.62. The standard InChI is InChI=1S/C10H21N3O3/c1-4-8(5-2)13(6-7-16-3)10(15)9(14)12-11/h8H,4-7,11H2,1-3H3,(H,12,14). The Bertz CT molecular complexity index is 229. The normalized spacial score (nSPS) is 10.3. The summed E-state index contributed by atoms with van der Waals surface area (Å²) in [6.07, 6.45) is 1.59. The van der Waals surface area contributed by atoms with Gasteiger partial charge in [0.1, 0.15) is 0 Å². The predicted molar refractivity (Wildman–Crippen MR) is 60.3 cm³/mol. The zero-order valence-corrected chi connectivity index (χ0v) is 10.2. The lowest BCUT2D eigenvalue weighted by Crippen LogP contribution is -2.50. The fraction of sp³-hybridized carbons (Fsp3) is 0.800. The lowest BCUT2D eigenvalue weighted by molar-refractivity contribution is -0.148. The van der Waals surface area contributed by atoms with Crippen LogP contribution >= 0.6 is 0 Å². The zero-order valence-electron chi connectivity index (χ0n) is 10.2. The van der Waals surface area contributed by atoms with Crippen LogP contribution in [-0.2, 0) is 14.3 Å². The van der Waals surface area contributed by atoms with E-state index in [1.54, 1.807) is 7.11 Å². The molecule has 16 heavy (non-hydrogen) atoms. The van der Waals surface area contributed by atoms with Crippen molar-refractivity contribution in [1.82, 2.24) is 10.3 Å². The Hall–Kier alpha value is -1.14. The first-order valence-electron chi connectivity index (χ1n) is 5.42. The minimum absolute atomic E-state index is 0.0416. The van der Waals surface area contributed by atoms with Gasteiger partial charge < -0.3 is 9.64 Å². The highest BCUT2D eigenvalue weighted by molar-refractivity contribution is 6.34. The number of nitrogens with one attached hydrogen (secondary N) is 1. The Morgan fingerprint density at radius 1 is 1.38 bits per heavy atom. The van der Waals surface area contributed by atoms with Gasteiger partial charge >= 0.3 is 11.8 Å². The van der Waals surface area contributed by atoms with Crippen LogP contribution in [-0.4, -0.2) is 43.0 Å². The summed E-state index contributed by atoms with van der Waals surface area (Å²) in [7, 11) is 1.55. The highest BCUT2D eigenvalue weighted by Crippen LogP contribution is 2.08. The number of nitrogens with zero attached hydrogens (tertiary/aromatic N) is 1. The van der Waals surface area contributed by atoms with Gasteiger partial charge in [0.2, 0.25) is 0 Å². The largest absolute Gasteiger partial charge is 0.383 e. The number of nitrogens with two attached hydrogens (primary N) is 1. The molecule has 0 rings (SSSR count). The lowest BCUT2D eigenvalue weighted by Gasteiger charge is -2.29. The molecule has 0 unspecified atom stereocenters. The van der Waals surface area contributed by atoms with E-state index in [4.69, 9.17) is 10.6 Å². The van der Waals surface area contributed by atoms with E-state index in [1.807, 2.05) is 19.3 Å². The van der Waals surface area contributed by atoms with E-state index >= 15 is 0 Å². The molecule has 0 saturated carbocycles. The lowest BCUT2D eigenvalue weighted by atomic mass is 10.1. The Morgan fingerprint density at radius 3 is 2.31 bits per heavy atom. The summed E-state index contributed by atoms with van der Waals surface area (Å²) in [5.41, 5.74) is 1.85. The van der Waals surface area contributed by atoms with E-state index in [0.717, 1.165) is 12.8 Å². The van der Waals surface area contributed by atoms with Crippen LogP contribution in [0, 0.1) is 0 Å². The molecule has 94 valence electrons. The van der Waals surface area contributed by atoms with E-state index in [0.29, 0.717) is 13.2 Å². The molecule has 0 spiro atoms. The van der Waals surface area contributed by atoms with Crippen LogP contribution < -0.4 is 11.3 Å². The highest BCUT2D eigenvalue weighted by Gasteiger charge is 2.25. The third-order valence-corrected chi connectivity index (χ3v) is 2.51. The molecular weight excluding hydrogens is 210 g/mol. The molecule has 0 fully saturated rings. The second-order valence-corrected chi connectivity index (χ2v) is 3.44. The maximum atomic E-state index is 11.7. The molecule has 6 heteroatoms. The van der Waals surface area contributed by atoms with Crippen LogP contribution in [0.2, 0.25) is 0 Å². The smallest absolute Gasteiger partial charge is 0.323 e. The van der Waals surface area contributed by atoms with E-state index in [2.05, 4.69) is 0 Å². The fourth-order valence-electron chi connectivity index (χ4n) is 1.56. The van der Waals surface area contributed by atoms with Gasteiger partial charge in [0.15, 0.2) is 0 Å². The molecule has 0 saturated heterocycles. The molecule has 0 heterocycles. The van der Waals surface area contributed by atoms with Gasteiger partial charge in [-0.1, -0.05) is 13.8 Å². The average Bonchev–Trinajstić information content (AvgIpc) is 2.32. The van der Waals surface area contributed by atoms with Crippen molar-refractivity contribution in [2.45, 2.75) is 32.7 Å². The van der Waals surface area contributed by atoms with Crippen LogP contribution in [0.5, 0.6) is 0 Å². The molecule has 0 bridgehead atoms. The summed E-state index contributed by atoms with van der Waals surface area (Å²) in [5.74, 6) is 3.55. The van der Waals surface area contributed by atoms with Gasteiger partial charge in [0, 0.05) is 19.7 Å². The van der Waals surface area contributed by atoms with Crippen molar-refractivity contribution in [3.63, 3.8) is 0 Å². The number of rotatable bonds is 6. The molecule has 6 nitrogen and oxygen atoms in total. The summed E-state index contributed by atoms with van der Waals surface area (Å²) in [4.78, 5) is 24.4. The van der Waals surface area contributed by atoms with Gasteiger partial charge in [0.25, 0.3) is 0 Å². The molecule has 2 amide bonds. The van der Waals surface area contributed by atoms with E-state index < -0.39 is 11.8 Å². The maximum absolute atomic E-state index is 11.7. The monoisotopic (exact) mass is 231 g/mol. The van der Waals surface area contributed by atoms with Crippen molar-refractivity contribution in [2.75, 3.05) is 20.3 Å².